The second-order valence-electron chi connectivity index (χ2n) is 5.24. The molecule has 1 fully saturated rings. The molecule has 0 aliphatic carbocycles. The summed E-state index contributed by atoms with van der Waals surface area (Å²) in [5.41, 5.74) is 1.57. The Kier molecular flexibility index (Phi) is 4.34. The molecule has 1 aliphatic rings. The number of amides is 2. The van der Waals surface area contributed by atoms with Crippen molar-refractivity contribution in [3.05, 3.63) is 0 Å². The minimum absolute atomic E-state index is 0.103. The molecule has 1 atom stereocenters. The zero-order valence-electron chi connectivity index (χ0n) is 10.7. The largest absolute Gasteiger partial charge is 0.444 e. The van der Waals surface area contributed by atoms with Gasteiger partial charge in [0.15, 0.2) is 0 Å². The first-order valence-electron chi connectivity index (χ1n) is 5.82. The van der Waals surface area contributed by atoms with Gasteiger partial charge < -0.3 is 9.64 Å². The molecule has 0 spiro atoms. The topological polar surface area (TPSA) is 84.7 Å². The minimum Gasteiger partial charge on any atom is -0.444 e. The van der Waals surface area contributed by atoms with Crippen molar-refractivity contribution in [1.29, 1.82) is 0 Å². The highest BCUT2D eigenvalue weighted by Gasteiger charge is 2.33. The fraction of sp³-hybridized carbons (Fsp3) is 0.818. The second kappa shape index (κ2) is 5.35. The van der Waals surface area contributed by atoms with Crippen LogP contribution >= 0.6 is 0 Å². The molecule has 0 aromatic carbocycles. The lowest BCUT2D eigenvalue weighted by atomic mass is 10.1. The van der Waals surface area contributed by atoms with E-state index in [1.165, 1.54) is 0 Å². The van der Waals surface area contributed by atoms with Crippen molar-refractivity contribution in [3.63, 3.8) is 0 Å². The third kappa shape index (κ3) is 4.22. The van der Waals surface area contributed by atoms with Gasteiger partial charge in [-0.05, 0) is 33.6 Å². The lowest BCUT2D eigenvalue weighted by molar-refractivity contribution is -0.122. The van der Waals surface area contributed by atoms with Crippen LogP contribution in [0, 0.1) is 0 Å². The summed E-state index contributed by atoms with van der Waals surface area (Å²) in [5, 5.41) is 0. The molecule has 0 radical (unpaired) electrons. The smallest absolute Gasteiger partial charge is 0.410 e. The number of nitrogens with two attached hydrogens (primary N) is 1. The van der Waals surface area contributed by atoms with Crippen molar-refractivity contribution in [3.8, 4) is 0 Å². The normalized spacial score (nSPS) is 20.2. The van der Waals surface area contributed by atoms with Crippen LogP contribution in [0.25, 0.3) is 0 Å². The summed E-state index contributed by atoms with van der Waals surface area (Å²) in [7, 11) is 0. The fourth-order valence-corrected chi connectivity index (χ4v) is 1.88. The highest BCUT2D eigenvalue weighted by Crippen LogP contribution is 2.22. The molecule has 0 aromatic heterocycles. The average molecular weight is 243 g/mol. The highest BCUT2D eigenvalue weighted by molar-refractivity contribution is 5.77. The van der Waals surface area contributed by atoms with Crippen molar-refractivity contribution in [2.45, 2.75) is 51.7 Å². The maximum Gasteiger partial charge on any atom is 0.410 e. The van der Waals surface area contributed by atoms with Gasteiger partial charge in [-0.15, -0.1) is 0 Å². The number of nitrogens with zero attached hydrogens (tertiary/aromatic N) is 1. The van der Waals surface area contributed by atoms with E-state index in [1.54, 1.807) is 4.90 Å². The van der Waals surface area contributed by atoms with Crippen LogP contribution in [0.3, 0.4) is 0 Å². The van der Waals surface area contributed by atoms with Gasteiger partial charge in [0, 0.05) is 19.0 Å². The van der Waals surface area contributed by atoms with Gasteiger partial charge in [0.2, 0.25) is 5.91 Å². The zero-order valence-corrected chi connectivity index (χ0v) is 10.7. The number of nitrogens with one attached hydrogen (secondary N) is 1. The Bertz CT molecular complexity index is 299. The third-order valence-corrected chi connectivity index (χ3v) is 2.59. The lowest BCUT2D eigenvalue weighted by Crippen LogP contribution is -2.42. The van der Waals surface area contributed by atoms with Crippen molar-refractivity contribution < 1.29 is 14.3 Å². The molecule has 6 heteroatoms. The molecule has 17 heavy (non-hydrogen) atoms. The third-order valence-electron chi connectivity index (χ3n) is 2.59. The van der Waals surface area contributed by atoms with E-state index in [4.69, 9.17) is 10.6 Å². The number of hydrogen-bond donors (Lipinski definition) is 2. The zero-order chi connectivity index (χ0) is 13.1. The second-order valence-corrected chi connectivity index (χ2v) is 5.24. The van der Waals surface area contributed by atoms with Crippen molar-refractivity contribution in [2.75, 3.05) is 6.54 Å². The molecule has 98 valence electrons. The standard InChI is InChI=1S/C11H21N3O3/c1-11(2,3)17-10(16)14-6-4-5-8(14)7-9(15)13-12/h8H,4-7,12H2,1-3H3,(H,13,15). The summed E-state index contributed by atoms with van der Waals surface area (Å²) in [5.74, 6) is 4.78. The monoisotopic (exact) mass is 243 g/mol. The van der Waals surface area contributed by atoms with E-state index >= 15 is 0 Å². The van der Waals surface area contributed by atoms with Crippen LogP contribution < -0.4 is 11.3 Å². The highest BCUT2D eigenvalue weighted by atomic mass is 16.6. The van der Waals surface area contributed by atoms with Crippen LogP contribution in [0.2, 0.25) is 0 Å². The molecule has 2 amide bonds. The van der Waals surface area contributed by atoms with Crippen molar-refractivity contribution in [2.24, 2.45) is 5.84 Å². The van der Waals surface area contributed by atoms with Crippen LogP contribution in [-0.4, -0.2) is 35.1 Å². The SMILES string of the molecule is CC(C)(C)OC(=O)N1CCCC1CC(=O)NN. The molecular formula is C11H21N3O3. The van der Waals surface area contributed by atoms with Gasteiger partial charge >= 0.3 is 6.09 Å². The Labute approximate surface area is 101 Å². The van der Waals surface area contributed by atoms with Gasteiger partial charge in [-0.3, -0.25) is 10.2 Å². The van der Waals surface area contributed by atoms with Gasteiger partial charge in [0.25, 0.3) is 0 Å². The summed E-state index contributed by atoms with van der Waals surface area (Å²) in [4.78, 5) is 24.7. The summed E-state index contributed by atoms with van der Waals surface area (Å²) in [6.45, 7) is 6.10. The average Bonchev–Trinajstić information content (AvgIpc) is 2.63. The van der Waals surface area contributed by atoms with Crippen molar-refractivity contribution >= 4 is 12.0 Å². The first-order chi connectivity index (χ1) is 7.83. The molecule has 3 N–H and O–H groups in total. The van der Waals surface area contributed by atoms with Crippen LogP contribution in [0.5, 0.6) is 0 Å². The number of ether oxygens (including phenoxy) is 1. The number of hydrazine groups is 1. The number of likely N-dealkylation sites (tertiary alicyclic amines) is 1. The van der Waals surface area contributed by atoms with E-state index in [0.717, 1.165) is 12.8 Å². The Balaban J connectivity index is 2.57. The Morgan fingerprint density at radius 3 is 2.65 bits per heavy atom. The van der Waals surface area contributed by atoms with E-state index in [1.807, 2.05) is 20.8 Å². The number of hydrogen-bond acceptors (Lipinski definition) is 4. The van der Waals surface area contributed by atoms with Gasteiger partial charge in [-0.2, -0.15) is 0 Å². The number of carbonyl (C=O) groups excluding carboxylic acids is 2. The molecule has 0 bridgehead atoms. The van der Waals surface area contributed by atoms with Crippen LogP contribution in [0.4, 0.5) is 4.79 Å². The molecule has 1 aliphatic heterocycles. The molecule has 1 heterocycles. The van der Waals surface area contributed by atoms with Crippen LogP contribution in [-0.2, 0) is 9.53 Å². The van der Waals surface area contributed by atoms with E-state index < -0.39 is 5.60 Å². The number of carbonyl (C=O) groups is 2. The Morgan fingerprint density at radius 1 is 1.47 bits per heavy atom. The molecule has 1 saturated heterocycles. The molecular weight excluding hydrogens is 222 g/mol. The maximum atomic E-state index is 11.9. The molecule has 1 rings (SSSR count). The van der Waals surface area contributed by atoms with Gasteiger partial charge in [-0.1, -0.05) is 0 Å². The molecule has 0 saturated carbocycles. The van der Waals surface area contributed by atoms with Gasteiger partial charge in [-0.25, -0.2) is 10.6 Å². The van der Waals surface area contributed by atoms with E-state index in [-0.39, 0.29) is 24.5 Å². The summed E-state index contributed by atoms with van der Waals surface area (Å²) < 4.78 is 5.29. The summed E-state index contributed by atoms with van der Waals surface area (Å²) in [6.07, 6.45) is 1.58. The van der Waals surface area contributed by atoms with Gasteiger partial charge in [0.1, 0.15) is 5.60 Å². The first-order valence-corrected chi connectivity index (χ1v) is 5.82. The fourth-order valence-electron chi connectivity index (χ4n) is 1.88. The van der Waals surface area contributed by atoms with Gasteiger partial charge in [0.05, 0.1) is 0 Å². The number of rotatable bonds is 2. The molecule has 1 unspecified atom stereocenters. The van der Waals surface area contributed by atoms with E-state index in [2.05, 4.69) is 5.43 Å². The summed E-state index contributed by atoms with van der Waals surface area (Å²) >= 11 is 0. The quantitative estimate of drug-likeness (QED) is 0.426. The summed E-state index contributed by atoms with van der Waals surface area (Å²) in [6, 6.07) is -0.103. The van der Waals surface area contributed by atoms with Crippen molar-refractivity contribution in [1.82, 2.24) is 10.3 Å². The van der Waals surface area contributed by atoms with Crippen LogP contribution in [0.15, 0.2) is 0 Å². The Hall–Kier alpha value is -1.30. The van der Waals surface area contributed by atoms with E-state index in [0.29, 0.717) is 6.54 Å². The lowest BCUT2D eigenvalue weighted by Gasteiger charge is -2.28. The predicted octanol–water partition coefficient (Wildman–Crippen LogP) is 0.766. The molecule has 0 aromatic rings. The van der Waals surface area contributed by atoms with Crippen LogP contribution in [0.1, 0.15) is 40.0 Å². The van der Waals surface area contributed by atoms with E-state index in [9.17, 15) is 9.59 Å². The maximum absolute atomic E-state index is 11.9. The minimum atomic E-state index is -0.514. The molecule has 6 nitrogen and oxygen atoms in total. The first kappa shape index (κ1) is 13.8. The predicted molar refractivity (Wildman–Crippen MR) is 62.9 cm³/mol. The Morgan fingerprint density at radius 2 is 2.12 bits per heavy atom.